The minimum absolute atomic E-state index is 0.166. The van der Waals surface area contributed by atoms with Gasteiger partial charge in [-0.05, 0) is 17.2 Å². The summed E-state index contributed by atoms with van der Waals surface area (Å²) in [7, 11) is -6.00. The average Bonchev–Trinajstić information content (AvgIpc) is 2.73. The van der Waals surface area contributed by atoms with Crippen molar-refractivity contribution in [3.05, 3.63) is 107 Å². The number of diazo groups is 1. The summed E-state index contributed by atoms with van der Waals surface area (Å²) in [4.78, 5) is 18.1. The molecular weight excluding hydrogens is 397 g/mol. The molecule has 1 amide bonds. The minimum atomic E-state index is -6.00. The van der Waals surface area contributed by atoms with Gasteiger partial charge in [0.25, 0.3) is 5.91 Å². The second-order valence-corrected chi connectivity index (χ2v) is 6.24. The van der Waals surface area contributed by atoms with Crippen LogP contribution in [0.3, 0.4) is 0 Å². The minimum Gasteiger partial charge on any atom is -0.418 e. The van der Waals surface area contributed by atoms with Crippen LogP contribution in [0.5, 0.6) is 0 Å². The van der Waals surface area contributed by atoms with Gasteiger partial charge in [0.1, 0.15) is 5.56 Å². The van der Waals surface area contributed by atoms with Crippen molar-refractivity contribution >= 4 is 18.8 Å². The highest BCUT2D eigenvalue weighted by molar-refractivity contribution is 6.50. The van der Waals surface area contributed by atoms with Crippen molar-refractivity contribution in [1.29, 1.82) is 5.39 Å². The molecule has 3 aromatic rings. The fraction of sp³-hybridized carbons (Fsp3) is 0.0952. The molecule has 0 aliphatic carbocycles. The lowest BCUT2D eigenvalue weighted by atomic mass is 10.1. The lowest BCUT2D eigenvalue weighted by molar-refractivity contribution is 0.0731. The van der Waals surface area contributed by atoms with Crippen LogP contribution < -0.4 is 0 Å². The number of nitrogens with zero attached hydrogens (tertiary/aromatic N) is 3. The molecular formula is C21H18BF4N3O. The second kappa shape index (κ2) is 10.8. The molecule has 3 rings (SSSR count). The van der Waals surface area contributed by atoms with E-state index < -0.39 is 7.25 Å². The number of benzene rings is 3. The highest BCUT2D eigenvalue weighted by Gasteiger charge is 2.25. The van der Waals surface area contributed by atoms with E-state index in [4.69, 9.17) is 0 Å². The van der Waals surface area contributed by atoms with E-state index in [1.165, 1.54) is 0 Å². The van der Waals surface area contributed by atoms with Crippen LogP contribution in [0, 0.1) is 5.39 Å². The third kappa shape index (κ3) is 7.76. The van der Waals surface area contributed by atoms with E-state index in [-0.39, 0.29) is 11.6 Å². The Labute approximate surface area is 171 Å². The Morgan fingerprint density at radius 2 is 1.17 bits per heavy atom. The molecule has 0 unspecified atom stereocenters. The summed E-state index contributed by atoms with van der Waals surface area (Å²) in [5, 5.41) is 9.18. The molecule has 30 heavy (non-hydrogen) atoms. The van der Waals surface area contributed by atoms with Crippen LogP contribution in [-0.2, 0) is 13.1 Å². The van der Waals surface area contributed by atoms with E-state index in [1.54, 1.807) is 29.2 Å². The van der Waals surface area contributed by atoms with Crippen LogP contribution in [-0.4, -0.2) is 18.1 Å². The van der Waals surface area contributed by atoms with E-state index in [9.17, 15) is 27.5 Å². The Morgan fingerprint density at radius 3 is 1.60 bits per heavy atom. The number of amides is 1. The van der Waals surface area contributed by atoms with Crippen molar-refractivity contribution in [2.24, 2.45) is 0 Å². The Hall–Kier alpha value is -3.67. The van der Waals surface area contributed by atoms with Crippen molar-refractivity contribution in [3.8, 4) is 0 Å². The fourth-order valence-corrected chi connectivity index (χ4v) is 2.72. The van der Waals surface area contributed by atoms with Gasteiger partial charge >= 0.3 is 12.9 Å². The molecule has 0 saturated carbocycles. The molecule has 0 aliphatic heterocycles. The molecule has 4 nitrogen and oxygen atoms in total. The maximum atomic E-state index is 13.1. The number of halogens is 4. The Kier molecular flexibility index (Phi) is 8.12. The van der Waals surface area contributed by atoms with Crippen molar-refractivity contribution < 1.29 is 22.1 Å². The fourth-order valence-electron chi connectivity index (χ4n) is 2.72. The van der Waals surface area contributed by atoms with Gasteiger partial charge < -0.3 is 22.2 Å². The third-order valence-electron chi connectivity index (χ3n) is 3.96. The van der Waals surface area contributed by atoms with E-state index in [2.05, 4.69) is 4.98 Å². The van der Waals surface area contributed by atoms with Gasteiger partial charge in [0.15, 0.2) is 4.98 Å². The van der Waals surface area contributed by atoms with Crippen LogP contribution in [0.2, 0.25) is 0 Å². The molecule has 0 N–H and O–H groups in total. The predicted molar refractivity (Wildman–Crippen MR) is 108 cm³/mol. The lowest BCUT2D eigenvalue weighted by Crippen LogP contribution is -2.30. The zero-order chi connectivity index (χ0) is 22.0. The molecule has 0 saturated heterocycles. The number of rotatable bonds is 5. The molecule has 3 aromatic carbocycles. The van der Waals surface area contributed by atoms with Crippen molar-refractivity contribution in [1.82, 2.24) is 4.90 Å². The van der Waals surface area contributed by atoms with Gasteiger partial charge in [0.2, 0.25) is 5.39 Å². The largest absolute Gasteiger partial charge is 0.673 e. The van der Waals surface area contributed by atoms with Gasteiger partial charge in [-0.15, -0.1) is 0 Å². The summed E-state index contributed by atoms with van der Waals surface area (Å²) >= 11 is 0. The van der Waals surface area contributed by atoms with Gasteiger partial charge in [-0.2, -0.15) is 0 Å². The summed E-state index contributed by atoms with van der Waals surface area (Å²) in [5.41, 5.74) is 2.76. The molecule has 0 bridgehead atoms. The smallest absolute Gasteiger partial charge is 0.418 e. The van der Waals surface area contributed by atoms with Crippen LogP contribution in [0.15, 0.2) is 84.9 Å². The molecule has 0 radical (unpaired) electrons. The van der Waals surface area contributed by atoms with Gasteiger partial charge in [-0.1, -0.05) is 72.8 Å². The second-order valence-electron chi connectivity index (χ2n) is 6.24. The number of hydrogen-bond donors (Lipinski definition) is 0. The molecule has 0 atom stereocenters. The summed E-state index contributed by atoms with van der Waals surface area (Å²) in [6.45, 7) is 0.961. The lowest BCUT2D eigenvalue weighted by Gasteiger charge is -2.22. The normalized spacial score (nSPS) is 10.4. The standard InChI is InChI=1S/C21H18N3O.BF4/c22-23-20-14-8-7-13-19(20)21(25)24(15-17-9-3-1-4-10-17)16-18-11-5-2-6-12-18;2-1(3,4)5/h1-14H,15-16H2;/q+1;-1. The zero-order valence-corrected chi connectivity index (χ0v) is 15.8. The van der Waals surface area contributed by atoms with Gasteiger partial charge in [-0.3, -0.25) is 4.79 Å². The number of carbonyl (C=O) groups excluding carboxylic acids is 1. The van der Waals surface area contributed by atoms with Crippen molar-refractivity contribution in [3.63, 3.8) is 0 Å². The quantitative estimate of drug-likeness (QED) is 0.278. The van der Waals surface area contributed by atoms with Crippen LogP contribution in [0.25, 0.3) is 4.98 Å². The maximum absolute atomic E-state index is 13.1. The zero-order valence-electron chi connectivity index (χ0n) is 15.8. The van der Waals surface area contributed by atoms with Crippen molar-refractivity contribution in [2.45, 2.75) is 13.1 Å². The Morgan fingerprint density at radius 1 is 0.767 bits per heavy atom. The first-order valence-corrected chi connectivity index (χ1v) is 8.96. The van der Waals surface area contributed by atoms with Gasteiger partial charge in [0.05, 0.1) is 0 Å². The molecule has 0 aliphatic rings. The Balaban J connectivity index is 0.000000575. The molecule has 0 fully saturated rings. The van der Waals surface area contributed by atoms with E-state index >= 15 is 0 Å². The van der Waals surface area contributed by atoms with E-state index in [1.807, 2.05) is 60.7 Å². The highest BCUT2D eigenvalue weighted by atomic mass is 19.5. The predicted octanol–water partition coefficient (Wildman–Crippen LogP) is 6.31. The van der Waals surface area contributed by atoms with Gasteiger partial charge in [0, 0.05) is 19.2 Å². The van der Waals surface area contributed by atoms with E-state index in [0.29, 0.717) is 18.7 Å². The number of carbonyl (C=O) groups is 1. The van der Waals surface area contributed by atoms with E-state index in [0.717, 1.165) is 11.1 Å². The number of hydrogen-bond acceptors (Lipinski definition) is 2. The summed E-state index contributed by atoms with van der Waals surface area (Å²) in [5.74, 6) is -0.166. The van der Waals surface area contributed by atoms with Crippen LogP contribution >= 0.6 is 0 Å². The summed E-state index contributed by atoms with van der Waals surface area (Å²) in [6, 6.07) is 26.5. The molecule has 0 aromatic heterocycles. The summed E-state index contributed by atoms with van der Waals surface area (Å²) < 4.78 is 39.0. The topological polar surface area (TPSA) is 48.5 Å². The monoisotopic (exact) mass is 415 g/mol. The highest BCUT2D eigenvalue weighted by Crippen LogP contribution is 2.22. The molecule has 9 heteroatoms. The molecule has 154 valence electrons. The summed E-state index contributed by atoms with van der Waals surface area (Å²) in [6.07, 6.45) is 0. The van der Waals surface area contributed by atoms with Crippen molar-refractivity contribution in [2.75, 3.05) is 0 Å². The third-order valence-corrected chi connectivity index (χ3v) is 3.96. The van der Waals surface area contributed by atoms with Crippen LogP contribution in [0.1, 0.15) is 21.5 Å². The Bertz CT molecular complexity index is 945. The molecule has 0 spiro atoms. The first-order chi connectivity index (χ1) is 14.3. The van der Waals surface area contributed by atoms with Gasteiger partial charge in [-0.25, -0.2) is 0 Å². The molecule has 0 heterocycles. The van der Waals surface area contributed by atoms with Crippen LogP contribution in [0.4, 0.5) is 23.0 Å². The SMILES string of the molecule is F[B-](F)(F)F.N#[N+]c1ccccc1C(=O)N(Cc1ccccc1)Cc1ccccc1. The first kappa shape index (κ1) is 22.6. The average molecular weight is 415 g/mol. The maximum Gasteiger partial charge on any atom is 0.673 e. The first-order valence-electron chi connectivity index (χ1n) is 8.96.